The monoisotopic (exact) mass is 357 g/mol. The van der Waals surface area contributed by atoms with Gasteiger partial charge in [-0.25, -0.2) is 4.79 Å². The van der Waals surface area contributed by atoms with Crippen LogP contribution in [0.1, 0.15) is 12.5 Å². The number of nitrogens with one attached hydrogen (secondary N) is 1. The number of aliphatic carboxylic acids is 1. The smallest absolute Gasteiger partial charge is 0.326 e. The molecule has 3 rings (SSSR count). The van der Waals surface area contributed by atoms with Gasteiger partial charge in [0.2, 0.25) is 12.7 Å². The third-order valence-corrected chi connectivity index (χ3v) is 4.08. The van der Waals surface area contributed by atoms with E-state index in [0.717, 1.165) is 16.7 Å². The van der Waals surface area contributed by atoms with E-state index in [1.165, 1.54) is 6.92 Å². The average molecular weight is 357 g/mol. The van der Waals surface area contributed by atoms with Crippen molar-refractivity contribution < 1.29 is 28.9 Å². The minimum atomic E-state index is -1.07. The third kappa shape index (κ3) is 3.72. The molecule has 1 aliphatic heterocycles. The quantitative estimate of drug-likeness (QED) is 0.823. The molecule has 2 aromatic carbocycles. The van der Waals surface area contributed by atoms with Crippen molar-refractivity contribution in [3.8, 4) is 28.4 Å². The molecule has 0 radical (unpaired) electrons. The Morgan fingerprint density at radius 1 is 1.19 bits per heavy atom. The summed E-state index contributed by atoms with van der Waals surface area (Å²) >= 11 is 0. The molecule has 0 saturated heterocycles. The van der Waals surface area contributed by atoms with E-state index >= 15 is 0 Å². The number of carbonyl (C=O) groups is 2. The predicted molar refractivity (Wildman–Crippen MR) is 93.5 cm³/mol. The lowest BCUT2D eigenvalue weighted by atomic mass is 9.99. The number of carboxylic acid groups (broad SMARTS) is 1. The Kier molecular flexibility index (Phi) is 4.97. The molecule has 1 aliphatic rings. The fourth-order valence-corrected chi connectivity index (χ4v) is 2.82. The molecular formula is C19H19NO6. The van der Waals surface area contributed by atoms with Crippen LogP contribution in [0.2, 0.25) is 0 Å². The van der Waals surface area contributed by atoms with Crippen molar-refractivity contribution in [3.05, 3.63) is 42.0 Å². The largest absolute Gasteiger partial charge is 0.496 e. The third-order valence-electron chi connectivity index (χ3n) is 4.08. The van der Waals surface area contributed by atoms with E-state index in [2.05, 4.69) is 5.32 Å². The van der Waals surface area contributed by atoms with Crippen molar-refractivity contribution in [2.45, 2.75) is 19.4 Å². The maximum Gasteiger partial charge on any atom is 0.326 e. The van der Waals surface area contributed by atoms with E-state index in [-0.39, 0.29) is 19.1 Å². The molecule has 2 N–H and O–H groups in total. The van der Waals surface area contributed by atoms with Crippen molar-refractivity contribution in [1.29, 1.82) is 0 Å². The van der Waals surface area contributed by atoms with Crippen molar-refractivity contribution in [2.75, 3.05) is 13.9 Å². The van der Waals surface area contributed by atoms with Crippen LogP contribution in [0.4, 0.5) is 0 Å². The number of ether oxygens (including phenoxy) is 3. The topological polar surface area (TPSA) is 94.1 Å². The second-order valence-corrected chi connectivity index (χ2v) is 5.90. The lowest BCUT2D eigenvalue weighted by Gasteiger charge is -2.14. The summed E-state index contributed by atoms with van der Waals surface area (Å²) in [6.45, 7) is 1.48. The van der Waals surface area contributed by atoms with E-state index in [4.69, 9.17) is 14.2 Å². The Morgan fingerprint density at radius 3 is 2.42 bits per heavy atom. The molecule has 0 spiro atoms. The summed E-state index contributed by atoms with van der Waals surface area (Å²) in [5.74, 6) is 0.507. The van der Waals surface area contributed by atoms with E-state index in [1.807, 2.05) is 30.3 Å². The van der Waals surface area contributed by atoms with Gasteiger partial charge in [-0.1, -0.05) is 24.3 Å². The van der Waals surface area contributed by atoms with Gasteiger partial charge in [0.05, 0.1) is 7.11 Å². The summed E-state index contributed by atoms with van der Waals surface area (Å²) in [7, 11) is 1.58. The lowest BCUT2D eigenvalue weighted by Crippen LogP contribution is -2.41. The summed E-state index contributed by atoms with van der Waals surface area (Å²) in [4.78, 5) is 22.4. The number of carboxylic acids is 1. The number of fused-ring (bicyclic) bond motifs is 1. The minimum absolute atomic E-state index is 0.181. The molecule has 7 nitrogen and oxygen atoms in total. The van der Waals surface area contributed by atoms with Crippen molar-refractivity contribution in [2.24, 2.45) is 0 Å². The molecule has 1 atom stereocenters. The zero-order valence-corrected chi connectivity index (χ0v) is 14.4. The second-order valence-electron chi connectivity index (χ2n) is 5.90. The van der Waals surface area contributed by atoms with E-state index in [0.29, 0.717) is 17.2 Å². The van der Waals surface area contributed by atoms with E-state index in [1.54, 1.807) is 13.2 Å². The second kappa shape index (κ2) is 7.35. The zero-order chi connectivity index (χ0) is 18.7. The molecule has 1 amide bonds. The molecule has 0 aromatic heterocycles. The van der Waals surface area contributed by atoms with Crippen LogP contribution >= 0.6 is 0 Å². The van der Waals surface area contributed by atoms with Crippen LogP contribution < -0.4 is 19.5 Å². The highest BCUT2D eigenvalue weighted by atomic mass is 16.7. The van der Waals surface area contributed by atoms with Gasteiger partial charge >= 0.3 is 5.97 Å². The molecule has 0 saturated carbocycles. The fraction of sp³-hybridized carbons (Fsp3) is 0.263. The molecule has 0 bridgehead atoms. The Bertz CT molecular complexity index is 831. The number of amides is 1. The van der Waals surface area contributed by atoms with Crippen LogP contribution in [0.3, 0.4) is 0 Å². The highest BCUT2D eigenvalue weighted by Gasteiger charge is 2.20. The summed E-state index contributed by atoms with van der Waals surface area (Å²) in [6.07, 6.45) is 0.202. The van der Waals surface area contributed by atoms with Gasteiger partial charge in [0.1, 0.15) is 11.8 Å². The van der Waals surface area contributed by atoms with Crippen LogP contribution in [0.5, 0.6) is 17.2 Å². The average Bonchev–Trinajstić information content (AvgIpc) is 3.07. The highest BCUT2D eigenvalue weighted by Crippen LogP contribution is 2.42. The molecule has 26 heavy (non-hydrogen) atoms. The number of rotatable bonds is 6. The van der Waals surface area contributed by atoms with Crippen molar-refractivity contribution >= 4 is 11.9 Å². The SMILES string of the molecule is COc1cc2c(cc1-c1ccc(CC(NC(C)=O)C(=O)O)cc1)OCO2. The molecule has 7 heteroatoms. The van der Waals surface area contributed by atoms with Gasteiger partial charge in [0, 0.05) is 25.0 Å². The lowest BCUT2D eigenvalue weighted by molar-refractivity contribution is -0.141. The highest BCUT2D eigenvalue weighted by molar-refractivity contribution is 5.82. The number of methoxy groups -OCH3 is 1. The van der Waals surface area contributed by atoms with E-state index < -0.39 is 12.0 Å². The van der Waals surface area contributed by atoms with Gasteiger partial charge in [-0.15, -0.1) is 0 Å². The number of hydrogen-bond donors (Lipinski definition) is 2. The molecule has 0 aliphatic carbocycles. The van der Waals surface area contributed by atoms with Crippen molar-refractivity contribution in [1.82, 2.24) is 5.32 Å². The number of benzene rings is 2. The van der Waals surface area contributed by atoms with Crippen molar-refractivity contribution in [3.63, 3.8) is 0 Å². The molecule has 0 fully saturated rings. The molecule has 1 heterocycles. The Labute approximate surface area is 150 Å². The van der Waals surface area contributed by atoms with Gasteiger partial charge in [-0.05, 0) is 17.2 Å². The summed E-state index contributed by atoms with van der Waals surface area (Å²) < 4.78 is 16.2. The van der Waals surface area contributed by atoms with E-state index in [9.17, 15) is 14.7 Å². The maximum atomic E-state index is 11.3. The molecule has 1 unspecified atom stereocenters. The Morgan fingerprint density at radius 2 is 1.85 bits per heavy atom. The minimum Gasteiger partial charge on any atom is -0.496 e. The Balaban J connectivity index is 1.84. The number of carbonyl (C=O) groups excluding carboxylic acids is 1. The molecule has 2 aromatic rings. The normalized spacial score (nSPS) is 13.2. The van der Waals surface area contributed by atoms with Crippen LogP contribution in [-0.2, 0) is 16.0 Å². The van der Waals surface area contributed by atoms with Gasteiger partial charge in [-0.3, -0.25) is 4.79 Å². The summed E-state index contributed by atoms with van der Waals surface area (Å²) in [5.41, 5.74) is 2.55. The standard InChI is InChI=1S/C19H19NO6/c1-11(21)20-15(19(22)23)7-12-3-5-13(6-4-12)14-8-17-18(26-10-25-17)9-16(14)24-2/h3-6,8-9,15H,7,10H2,1-2H3,(H,20,21)(H,22,23). The first-order valence-electron chi connectivity index (χ1n) is 8.05. The van der Waals surface area contributed by atoms with Crippen LogP contribution in [0.25, 0.3) is 11.1 Å². The molecule has 136 valence electrons. The first-order chi connectivity index (χ1) is 12.5. The van der Waals surface area contributed by atoms with Crippen LogP contribution in [0.15, 0.2) is 36.4 Å². The maximum absolute atomic E-state index is 11.3. The van der Waals surface area contributed by atoms with Crippen LogP contribution in [-0.4, -0.2) is 36.9 Å². The summed E-state index contributed by atoms with van der Waals surface area (Å²) in [6, 6.07) is 10.1. The van der Waals surface area contributed by atoms with Gasteiger partial charge < -0.3 is 24.6 Å². The first-order valence-corrected chi connectivity index (χ1v) is 8.05. The first kappa shape index (κ1) is 17.6. The predicted octanol–water partition coefficient (Wildman–Crippen LogP) is 2.22. The van der Waals surface area contributed by atoms with Gasteiger partial charge in [0.15, 0.2) is 11.5 Å². The zero-order valence-electron chi connectivity index (χ0n) is 14.4. The van der Waals surface area contributed by atoms with Gasteiger partial charge in [-0.2, -0.15) is 0 Å². The number of hydrogen-bond acceptors (Lipinski definition) is 5. The van der Waals surface area contributed by atoms with Gasteiger partial charge in [0.25, 0.3) is 0 Å². The Hall–Kier alpha value is -3.22. The summed E-state index contributed by atoms with van der Waals surface area (Å²) in [5, 5.41) is 11.6. The molecular weight excluding hydrogens is 338 g/mol. The van der Waals surface area contributed by atoms with Crippen LogP contribution in [0, 0.1) is 0 Å². The fourth-order valence-electron chi connectivity index (χ4n) is 2.82.